The fraction of sp³-hybridized carbons (Fsp3) is 0.605. The third-order valence-corrected chi connectivity index (χ3v) is 15.2. The molecule has 9 heteroatoms. The molecule has 0 radical (unpaired) electrons. The van der Waals surface area contributed by atoms with Gasteiger partial charge in [0.25, 0.3) is 0 Å². The highest BCUT2D eigenvalue weighted by atomic mass is 32.2. The van der Waals surface area contributed by atoms with E-state index in [0.29, 0.717) is 18.8 Å². The second-order valence-corrected chi connectivity index (χ2v) is 18.2. The summed E-state index contributed by atoms with van der Waals surface area (Å²) in [6.45, 7) is 6.98. The number of benzene rings is 2. The van der Waals surface area contributed by atoms with E-state index in [2.05, 4.69) is 19.1 Å². The number of carbonyl (C=O) groups is 3. The number of sulfone groups is 1. The zero-order valence-electron chi connectivity index (χ0n) is 31.4. The predicted molar refractivity (Wildman–Crippen MR) is 199 cm³/mol. The van der Waals surface area contributed by atoms with Gasteiger partial charge in [-0.1, -0.05) is 88.6 Å². The van der Waals surface area contributed by atoms with E-state index in [0.717, 1.165) is 57.8 Å². The highest BCUT2D eigenvalue weighted by Crippen LogP contribution is 2.77. The molecular weight excluding hydrogens is 677 g/mol. The van der Waals surface area contributed by atoms with Crippen molar-refractivity contribution in [2.24, 2.45) is 22.7 Å². The second kappa shape index (κ2) is 15.5. The lowest BCUT2D eigenvalue weighted by atomic mass is 9.45. The maximum Gasteiger partial charge on any atom is 0.308 e. The van der Waals surface area contributed by atoms with Crippen molar-refractivity contribution in [1.29, 1.82) is 0 Å². The van der Waals surface area contributed by atoms with E-state index in [1.165, 1.54) is 57.6 Å². The molecule has 2 aromatic carbocycles. The van der Waals surface area contributed by atoms with Crippen LogP contribution in [0, 0.1) is 22.7 Å². The molecule has 282 valence electrons. The van der Waals surface area contributed by atoms with Gasteiger partial charge >= 0.3 is 17.9 Å². The van der Waals surface area contributed by atoms with Gasteiger partial charge in [-0.3, -0.25) is 14.4 Å². The van der Waals surface area contributed by atoms with Gasteiger partial charge in [0.15, 0.2) is 15.4 Å². The first-order valence-corrected chi connectivity index (χ1v) is 21.0. The number of allylic oxidation sites excluding steroid dienone is 1. The average molecular weight is 733 g/mol. The molecule has 0 amide bonds. The number of hydrogen-bond donors (Lipinski definition) is 0. The van der Waals surface area contributed by atoms with E-state index in [1.807, 2.05) is 24.3 Å². The Morgan fingerprint density at radius 3 is 2.13 bits per heavy atom. The fourth-order valence-electron chi connectivity index (χ4n) is 10.9. The highest BCUT2D eigenvalue weighted by Gasteiger charge is 2.79. The minimum absolute atomic E-state index is 0.176. The summed E-state index contributed by atoms with van der Waals surface area (Å²) in [4.78, 5) is 35.9. The monoisotopic (exact) mass is 732 g/mol. The van der Waals surface area contributed by atoms with Crippen molar-refractivity contribution >= 4 is 27.7 Å². The van der Waals surface area contributed by atoms with Crippen molar-refractivity contribution < 1.29 is 37.0 Å². The molecule has 2 bridgehead atoms. The van der Waals surface area contributed by atoms with Crippen LogP contribution >= 0.6 is 0 Å². The second-order valence-electron chi connectivity index (χ2n) is 16.0. The molecule has 6 rings (SSSR count). The largest absolute Gasteiger partial charge is 0.466 e. The number of hydrogen-bond acceptors (Lipinski definition) is 8. The van der Waals surface area contributed by atoms with Crippen LogP contribution in [-0.2, 0) is 40.1 Å². The normalized spacial score (nSPS) is 29.8. The van der Waals surface area contributed by atoms with Crippen LogP contribution in [0.4, 0.5) is 0 Å². The molecule has 4 aliphatic rings. The summed E-state index contributed by atoms with van der Waals surface area (Å²) in [6.07, 6.45) is 18.3. The summed E-state index contributed by atoms with van der Waals surface area (Å²) < 4.78 is 46.0. The molecule has 0 N–H and O–H groups in total. The maximum atomic E-state index is 14.6. The zero-order chi connectivity index (χ0) is 37.1. The third kappa shape index (κ3) is 6.99. The van der Waals surface area contributed by atoms with Crippen molar-refractivity contribution in [1.82, 2.24) is 0 Å². The van der Waals surface area contributed by atoms with Crippen LogP contribution in [0.3, 0.4) is 0 Å². The first-order chi connectivity index (χ1) is 24.8. The van der Waals surface area contributed by atoms with Crippen LogP contribution in [0.25, 0.3) is 0 Å². The molecule has 7 atom stereocenters. The molecule has 8 nitrogen and oxygen atoms in total. The van der Waals surface area contributed by atoms with E-state index in [-0.39, 0.29) is 34.6 Å². The van der Waals surface area contributed by atoms with Gasteiger partial charge in [-0.2, -0.15) is 0 Å². The Morgan fingerprint density at radius 1 is 0.808 bits per heavy atom. The third-order valence-electron chi connectivity index (χ3n) is 13.1. The van der Waals surface area contributed by atoms with E-state index >= 15 is 0 Å². The lowest BCUT2D eigenvalue weighted by Gasteiger charge is -2.59. The summed E-state index contributed by atoms with van der Waals surface area (Å²) in [7, 11) is -3.85. The SMILES string of the molecule is CC(=O)OCCCCCCCCCCC[C@@H]1Cc2cc(OC(C)=O)ccc2[C@H]2CC[C@@]3(C)[C@]4(C=C[C@]3(OC(C)=O)[C@@H](S(=O)(=O)c3ccccc3)C4)[C@H]12. The fourth-order valence-corrected chi connectivity index (χ4v) is 13.1. The Kier molecular flexibility index (Phi) is 11.4. The lowest BCUT2D eigenvalue weighted by Crippen LogP contribution is -2.57. The van der Waals surface area contributed by atoms with Crippen LogP contribution in [-0.4, -0.2) is 43.8 Å². The van der Waals surface area contributed by atoms with Gasteiger partial charge in [-0.05, 0) is 97.7 Å². The van der Waals surface area contributed by atoms with E-state index in [1.54, 1.807) is 24.3 Å². The van der Waals surface area contributed by atoms with E-state index < -0.39 is 37.5 Å². The Balaban J connectivity index is 1.24. The smallest absolute Gasteiger partial charge is 0.308 e. The van der Waals surface area contributed by atoms with Gasteiger partial charge in [0, 0.05) is 31.6 Å². The summed E-state index contributed by atoms with van der Waals surface area (Å²) in [5, 5.41) is -0.880. The van der Waals surface area contributed by atoms with Crippen LogP contribution in [0.1, 0.15) is 128 Å². The van der Waals surface area contributed by atoms with E-state index in [9.17, 15) is 22.8 Å². The van der Waals surface area contributed by atoms with Crippen molar-refractivity contribution in [3.63, 3.8) is 0 Å². The predicted octanol–water partition coefficient (Wildman–Crippen LogP) is 8.85. The molecule has 2 saturated carbocycles. The summed E-state index contributed by atoms with van der Waals surface area (Å²) in [5.74, 6) is 0.240. The number of esters is 3. The van der Waals surface area contributed by atoms with Gasteiger partial charge in [0.2, 0.25) is 0 Å². The molecule has 52 heavy (non-hydrogen) atoms. The van der Waals surface area contributed by atoms with Crippen LogP contribution in [0.15, 0.2) is 65.6 Å². The van der Waals surface area contributed by atoms with Crippen molar-refractivity contribution in [2.45, 2.75) is 139 Å². The van der Waals surface area contributed by atoms with Gasteiger partial charge < -0.3 is 14.2 Å². The Bertz CT molecular complexity index is 1770. The summed E-state index contributed by atoms with van der Waals surface area (Å²) in [5.41, 5.74) is 0.200. The molecule has 0 spiro atoms. The molecule has 0 heterocycles. The quantitative estimate of drug-likeness (QED) is 0.0728. The summed E-state index contributed by atoms with van der Waals surface area (Å²) in [6, 6.07) is 14.7. The van der Waals surface area contributed by atoms with Gasteiger partial charge in [-0.25, -0.2) is 8.42 Å². The number of fused-ring (bicyclic) bond motifs is 3. The lowest BCUT2D eigenvalue weighted by molar-refractivity contribution is -0.169. The molecule has 0 unspecified atom stereocenters. The standard InChI is InChI=1S/C43H56O8S/c1-30(44)49-26-16-11-9-7-5-6-8-10-13-17-33-27-34-28-35(50-31(2)45)20-21-37(34)38-22-23-41(4)42(40(33)38)24-25-43(41,51-32(3)46)39(29-42)52(47,48)36-18-14-12-15-19-36/h12,14-15,18-21,24-25,28,33,38-40H,5-11,13,16-17,22-23,26-27,29H2,1-4H3/t33-,38-,39+,40-,41+,42+,43+/m1/s1. The van der Waals surface area contributed by atoms with Crippen molar-refractivity contribution in [3.05, 3.63) is 71.8 Å². The molecule has 4 aliphatic carbocycles. The zero-order valence-corrected chi connectivity index (χ0v) is 32.2. The number of unbranched alkanes of at least 4 members (excludes halogenated alkanes) is 8. The molecule has 0 aromatic heterocycles. The highest BCUT2D eigenvalue weighted by molar-refractivity contribution is 7.92. The van der Waals surface area contributed by atoms with Gasteiger partial charge in [-0.15, -0.1) is 0 Å². The minimum atomic E-state index is -3.85. The minimum Gasteiger partial charge on any atom is -0.466 e. The van der Waals surface area contributed by atoms with Gasteiger partial charge in [0.1, 0.15) is 11.0 Å². The number of rotatable bonds is 16. The van der Waals surface area contributed by atoms with Crippen molar-refractivity contribution in [2.75, 3.05) is 6.61 Å². The van der Waals surface area contributed by atoms with E-state index in [4.69, 9.17) is 14.2 Å². The number of carbonyl (C=O) groups excluding carboxylic acids is 3. The van der Waals surface area contributed by atoms with Crippen molar-refractivity contribution in [3.8, 4) is 5.75 Å². The maximum absolute atomic E-state index is 14.6. The van der Waals surface area contributed by atoms with Gasteiger partial charge in [0.05, 0.1) is 11.5 Å². The van der Waals surface area contributed by atoms with Crippen LogP contribution in [0.2, 0.25) is 0 Å². The topological polar surface area (TPSA) is 113 Å². The average Bonchev–Trinajstić information content (AvgIpc) is 3.48. The Morgan fingerprint density at radius 2 is 1.48 bits per heavy atom. The summed E-state index contributed by atoms with van der Waals surface area (Å²) >= 11 is 0. The molecular formula is C43H56O8S. The molecule has 2 fully saturated rings. The molecule has 0 aliphatic heterocycles. The van der Waals surface area contributed by atoms with Crippen LogP contribution < -0.4 is 4.74 Å². The van der Waals surface area contributed by atoms with Crippen LogP contribution in [0.5, 0.6) is 5.75 Å². The molecule has 0 saturated heterocycles. The molecule has 2 aromatic rings. The Hall–Kier alpha value is -3.46. The number of ether oxygens (including phenoxy) is 3. The Labute approximate surface area is 310 Å². The first kappa shape index (κ1) is 38.3. The first-order valence-electron chi connectivity index (χ1n) is 19.5.